The normalized spacial score (nSPS) is 23.2. The lowest BCUT2D eigenvalue weighted by Crippen LogP contribution is -2.36. The summed E-state index contributed by atoms with van der Waals surface area (Å²) in [6.45, 7) is 1.36. The van der Waals surface area contributed by atoms with E-state index < -0.39 is 27.3 Å². The fraction of sp³-hybridized carbons (Fsp3) is 0.538. The Morgan fingerprint density at radius 1 is 1.45 bits per heavy atom. The molecule has 1 saturated carbocycles. The molecule has 2 atom stereocenters. The van der Waals surface area contributed by atoms with Gasteiger partial charge in [0.1, 0.15) is 10.7 Å². The fourth-order valence-corrected chi connectivity index (χ4v) is 4.34. The molecule has 2 rings (SSSR count). The molecule has 0 aliphatic heterocycles. The van der Waals surface area contributed by atoms with Crippen LogP contribution >= 0.6 is 11.6 Å². The summed E-state index contributed by atoms with van der Waals surface area (Å²) in [6, 6.07) is 2.10. The van der Waals surface area contributed by atoms with Crippen molar-refractivity contribution in [3.63, 3.8) is 0 Å². The van der Waals surface area contributed by atoms with Crippen LogP contribution in [0.1, 0.15) is 31.7 Å². The number of halogens is 2. The predicted octanol–water partition coefficient (Wildman–Crippen LogP) is 2.44. The molecule has 0 aromatic heterocycles. The first-order chi connectivity index (χ1) is 9.35. The van der Waals surface area contributed by atoms with Gasteiger partial charge in [0.2, 0.25) is 10.0 Å². The van der Waals surface area contributed by atoms with Gasteiger partial charge in [-0.05, 0) is 30.9 Å². The highest BCUT2D eigenvalue weighted by molar-refractivity contribution is 7.89. The zero-order chi connectivity index (χ0) is 14.9. The van der Waals surface area contributed by atoms with Gasteiger partial charge < -0.3 is 5.11 Å². The predicted molar refractivity (Wildman–Crippen MR) is 74.5 cm³/mol. The van der Waals surface area contributed by atoms with Crippen LogP contribution in [-0.4, -0.2) is 19.6 Å². The van der Waals surface area contributed by atoms with Gasteiger partial charge in [-0.3, -0.25) is 0 Å². The van der Waals surface area contributed by atoms with Crippen molar-refractivity contribution in [3.05, 3.63) is 28.5 Å². The van der Waals surface area contributed by atoms with Crippen molar-refractivity contribution in [2.75, 3.05) is 0 Å². The van der Waals surface area contributed by atoms with Crippen LogP contribution in [0.4, 0.5) is 4.39 Å². The third-order valence-corrected chi connectivity index (χ3v) is 5.41. The number of rotatable bonds is 4. The Kier molecular flexibility index (Phi) is 4.69. The molecule has 0 amide bonds. The second-order valence-corrected chi connectivity index (χ2v) is 7.29. The zero-order valence-electron chi connectivity index (χ0n) is 11.1. The van der Waals surface area contributed by atoms with Gasteiger partial charge >= 0.3 is 0 Å². The molecule has 0 bridgehead atoms. The molecule has 2 unspecified atom stereocenters. The standard InChI is InChI=1S/C13H17ClFNO3S/c1-8-3-2-4-11(8)16-20(18,19)12-6-10(14)5-9(7-17)13(12)15/h5-6,8,11,16-17H,2-4,7H2,1H3. The van der Waals surface area contributed by atoms with E-state index in [-0.39, 0.29) is 22.5 Å². The highest BCUT2D eigenvalue weighted by Crippen LogP contribution is 2.28. The van der Waals surface area contributed by atoms with E-state index >= 15 is 0 Å². The highest BCUT2D eigenvalue weighted by Gasteiger charge is 2.30. The molecule has 1 aliphatic carbocycles. The minimum atomic E-state index is -3.98. The molecule has 0 spiro atoms. The minimum Gasteiger partial charge on any atom is -0.392 e. The van der Waals surface area contributed by atoms with Gasteiger partial charge in [-0.25, -0.2) is 17.5 Å². The van der Waals surface area contributed by atoms with Gasteiger partial charge in [-0.1, -0.05) is 24.9 Å². The molecule has 20 heavy (non-hydrogen) atoms. The molecule has 1 aliphatic rings. The SMILES string of the molecule is CC1CCCC1NS(=O)(=O)c1cc(Cl)cc(CO)c1F. The quantitative estimate of drug-likeness (QED) is 0.895. The first-order valence-corrected chi connectivity index (χ1v) is 8.32. The number of aliphatic hydroxyl groups excluding tert-OH is 1. The maximum Gasteiger partial charge on any atom is 0.243 e. The van der Waals surface area contributed by atoms with E-state index in [1.54, 1.807) is 0 Å². The number of sulfonamides is 1. The molecule has 1 aromatic rings. The summed E-state index contributed by atoms with van der Waals surface area (Å²) >= 11 is 5.78. The van der Waals surface area contributed by atoms with Crippen molar-refractivity contribution in [1.82, 2.24) is 4.72 Å². The number of hydrogen-bond donors (Lipinski definition) is 2. The van der Waals surface area contributed by atoms with Gasteiger partial charge in [0.25, 0.3) is 0 Å². The summed E-state index contributed by atoms with van der Waals surface area (Å²) in [5.41, 5.74) is -0.127. The van der Waals surface area contributed by atoms with E-state index in [4.69, 9.17) is 16.7 Å². The Balaban J connectivity index is 2.36. The third kappa shape index (κ3) is 3.14. The maximum absolute atomic E-state index is 14.1. The van der Waals surface area contributed by atoms with Crippen molar-refractivity contribution in [3.8, 4) is 0 Å². The average Bonchev–Trinajstić information content (AvgIpc) is 2.76. The third-order valence-electron chi connectivity index (χ3n) is 3.71. The molecule has 2 N–H and O–H groups in total. The Morgan fingerprint density at radius 3 is 2.70 bits per heavy atom. The van der Waals surface area contributed by atoms with Gasteiger partial charge in [0.05, 0.1) is 6.61 Å². The van der Waals surface area contributed by atoms with Crippen LogP contribution < -0.4 is 4.72 Å². The maximum atomic E-state index is 14.1. The Bertz CT molecular complexity index is 606. The topological polar surface area (TPSA) is 66.4 Å². The molecule has 1 fully saturated rings. The second-order valence-electron chi connectivity index (χ2n) is 5.17. The van der Waals surface area contributed by atoms with E-state index in [1.807, 2.05) is 6.92 Å². The van der Waals surface area contributed by atoms with Crippen LogP contribution in [-0.2, 0) is 16.6 Å². The van der Waals surface area contributed by atoms with Crippen LogP contribution in [0.25, 0.3) is 0 Å². The summed E-state index contributed by atoms with van der Waals surface area (Å²) in [4.78, 5) is -0.506. The van der Waals surface area contributed by atoms with Crippen molar-refractivity contribution >= 4 is 21.6 Å². The van der Waals surface area contributed by atoms with E-state index in [1.165, 1.54) is 6.07 Å². The van der Waals surface area contributed by atoms with Gasteiger partial charge in [-0.2, -0.15) is 0 Å². The van der Waals surface area contributed by atoms with Crippen molar-refractivity contribution < 1.29 is 17.9 Å². The molecule has 112 valence electrons. The number of aliphatic hydroxyl groups is 1. The van der Waals surface area contributed by atoms with E-state index in [2.05, 4.69) is 4.72 Å². The minimum absolute atomic E-state index is 0.0790. The monoisotopic (exact) mass is 321 g/mol. The lowest BCUT2D eigenvalue weighted by atomic mass is 10.1. The van der Waals surface area contributed by atoms with Crippen molar-refractivity contribution in [1.29, 1.82) is 0 Å². The molecule has 0 saturated heterocycles. The Labute approximate surface area is 123 Å². The zero-order valence-corrected chi connectivity index (χ0v) is 12.6. The highest BCUT2D eigenvalue weighted by atomic mass is 35.5. The van der Waals surface area contributed by atoms with Gasteiger partial charge in [-0.15, -0.1) is 0 Å². The van der Waals surface area contributed by atoms with Crippen molar-refractivity contribution in [2.45, 2.75) is 43.7 Å². The van der Waals surface area contributed by atoms with E-state index in [0.717, 1.165) is 25.3 Å². The largest absolute Gasteiger partial charge is 0.392 e. The summed E-state index contributed by atoms with van der Waals surface area (Å²) in [6.07, 6.45) is 2.65. The van der Waals surface area contributed by atoms with Gasteiger partial charge in [0.15, 0.2) is 0 Å². The lowest BCUT2D eigenvalue weighted by molar-refractivity contribution is 0.274. The fourth-order valence-electron chi connectivity index (χ4n) is 2.51. The van der Waals surface area contributed by atoms with Crippen molar-refractivity contribution in [2.24, 2.45) is 5.92 Å². The molecule has 7 heteroatoms. The van der Waals surface area contributed by atoms with E-state index in [0.29, 0.717) is 0 Å². The van der Waals surface area contributed by atoms with Crippen LogP contribution in [0.15, 0.2) is 17.0 Å². The number of hydrogen-bond acceptors (Lipinski definition) is 3. The lowest BCUT2D eigenvalue weighted by Gasteiger charge is -2.18. The van der Waals surface area contributed by atoms with Crippen LogP contribution in [0.2, 0.25) is 5.02 Å². The van der Waals surface area contributed by atoms with E-state index in [9.17, 15) is 12.8 Å². The average molecular weight is 322 g/mol. The summed E-state index contributed by atoms with van der Waals surface area (Å²) < 4.78 is 41.2. The summed E-state index contributed by atoms with van der Waals surface area (Å²) in [5, 5.41) is 9.12. The molecule has 4 nitrogen and oxygen atoms in total. The number of benzene rings is 1. The van der Waals surface area contributed by atoms with Crippen LogP contribution in [0.3, 0.4) is 0 Å². The molecule has 0 heterocycles. The van der Waals surface area contributed by atoms with Gasteiger partial charge in [0, 0.05) is 16.6 Å². The second kappa shape index (κ2) is 5.97. The Morgan fingerprint density at radius 2 is 2.15 bits per heavy atom. The first-order valence-electron chi connectivity index (χ1n) is 6.46. The molecular weight excluding hydrogens is 305 g/mol. The smallest absolute Gasteiger partial charge is 0.243 e. The van der Waals surface area contributed by atoms with Crippen LogP contribution in [0.5, 0.6) is 0 Å². The first kappa shape index (κ1) is 15.7. The number of nitrogens with one attached hydrogen (secondary N) is 1. The summed E-state index contributed by atoms with van der Waals surface area (Å²) in [5.74, 6) is -0.723. The molecular formula is C13H17ClFNO3S. The molecule has 0 radical (unpaired) electrons. The van der Waals surface area contributed by atoms with Crippen LogP contribution in [0, 0.1) is 11.7 Å². The molecule has 1 aromatic carbocycles. The Hall–Kier alpha value is -0.690. The summed E-state index contributed by atoms with van der Waals surface area (Å²) in [7, 11) is -3.98.